The average molecular weight is 292 g/mol. The highest BCUT2D eigenvalue weighted by Gasteiger charge is 1.96. The molecule has 0 saturated heterocycles. The first-order chi connectivity index (χ1) is 10.2. The van der Waals surface area contributed by atoms with Crippen molar-refractivity contribution in [1.29, 1.82) is 0 Å². The summed E-state index contributed by atoms with van der Waals surface area (Å²) in [6.07, 6.45) is 13.2. The molecule has 0 aromatic heterocycles. The molecule has 0 amide bonds. The van der Waals surface area contributed by atoms with Crippen molar-refractivity contribution in [3.63, 3.8) is 0 Å². The zero-order valence-electron chi connectivity index (χ0n) is 13.2. The number of allylic oxidation sites excluding steroid dienone is 2. The summed E-state index contributed by atoms with van der Waals surface area (Å²) < 4.78 is 0. The zero-order chi connectivity index (χ0) is 15.8. The summed E-state index contributed by atoms with van der Waals surface area (Å²) in [5.74, 6) is 5.13. The number of carbonyl (C=O) groups is 2. The second kappa shape index (κ2) is 14.8. The Balaban J connectivity index is 3.51. The molecule has 0 atom stereocenters. The summed E-state index contributed by atoms with van der Waals surface area (Å²) in [5.41, 5.74) is 0. The van der Waals surface area contributed by atoms with E-state index >= 15 is 0 Å². The van der Waals surface area contributed by atoms with Crippen molar-refractivity contribution >= 4 is 11.8 Å². The molecule has 0 bridgehead atoms. The highest BCUT2D eigenvalue weighted by molar-refractivity contribution is 5.89. The van der Waals surface area contributed by atoms with Gasteiger partial charge in [0.1, 0.15) is 0 Å². The molecule has 0 saturated carbocycles. The zero-order valence-corrected chi connectivity index (χ0v) is 13.2. The standard InChI is InChI=1S/C18H28O3/c1-2-3-4-5-8-11-14-17(19)15-12-9-6-7-10-13-16-18(20)21/h12,15H,2-5,7-8,10-11,13-14,16H2,1H3,(H,20,21)/b15-12+. The van der Waals surface area contributed by atoms with Gasteiger partial charge in [-0.1, -0.05) is 50.9 Å². The number of unbranched alkanes of at least 4 members (excludes halogenated alkanes) is 7. The first-order valence-electron chi connectivity index (χ1n) is 8.06. The van der Waals surface area contributed by atoms with Gasteiger partial charge >= 0.3 is 5.97 Å². The topological polar surface area (TPSA) is 54.4 Å². The SMILES string of the molecule is CCCCCCCCC(=O)/C=C/C#CCCCCC(=O)O. The van der Waals surface area contributed by atoms with Gasteiger partial charge in [0, 0.05) is 19.3 Å². The van der Waals surface area contributed by atoms with Gasteiger partial charge in [0.15, 0.2) is 5.78 Å². The molecule has 118 valence electrons. The molecule has 0 radical (unpaired) electrons. The van der Waals surface area contributed by atoms with Crippen LogP contribution in [-0.2, 0) is 9.59 Å². The quantitative estimate of drug-likeness (QED) is 0.327. The van der Waals surface area contributed by atoms with Crippen LogP contribution in [0.5, 0.6) is 0 Å². The van der Waals surface area contributed by atoms with Crippen molar-refractivity contribution in [3.8, 4) is 11.8 Å². The maximum atomic E-state index is 11.5. The van der Waals surface area contributed by atoms with Crippen LogP contribution < -0.4 is 0 Å². The maximum Gasteiger partial charge on any atom is 0.303 e. The van der Waals surface area contributed by atoms with E-state index in [1.165, 1.54) is 25.7 Å². The third kappa shape index (κ3) is 16.4. The fraction of sp³-hybridized carbons (Fsp3) is 0.667. The van der Waals surface area contributed by atoms with Crippen LogP contribution in [0.3, 0.4) is 0 Å². The van der Waals surface area contributed by atoms with Crippen molar-refractivity contribution in [1.82, 2.24) is 0 Å². The highest BCUT2D eigenvalue weighted by atomic mass is 16.4. The molecule has 0 aromatic carbocycles. The van der Waals surface area contributed by atoms with Crippen LogP contribution in [0, 0.1) is 11.8 Å². The Bertz CT molecular complexity index is 372. The molecule has 0 fully saturated rings. The molecule has 0 aliphatic rings. The van der Waals surface area contributed by atoms with Gasteiger partial charge in [-0.25, -0.2) is 0 Å². The van der Waals surface area contributed by atoms with Crippen LogP contribution in [0.25, 0.3) is 0 Å². The second-order valence-corrected chi connectivity index (χ2v) is 5.24. The molecule has 0 aliphatic heterocycles. The lowest BCUT2D eigenvalue weighted by Crippen LogP contribution is -1.93. The Kier molecular flexibility index (Phi) is 13.7. The van der Waals surface area contributed by atoms with E-state index in [0.29, 0.717) is 19.3 Å². The van der Waals surface area contributed by atoms with Crippen molar-refractivity contribution in [2.75, 3.05) is 0 Å². The van der Waals surface area contributed by atoms with Crippen molar-refractivity contribution < 1.29 is 14.7 Å². The van der Waals surface area contributed by atoms with Crippen LogP contribution in [0.1, 0.15) is 77.6 Å². The van der Waals surface area contributed by atoms with Gasteiger partial charge in [0.2, 0.25) is 0 Å². The highest BCUT2D eigenvalue weighted by Crippen LogP contribution is 2.07. The summed E-state index contributed by atoms with van der Waals surface area (Å²) in [7, 11) is 0. The molecule has 21 heavy (non-hydrogen) atoms. The molecular formula is C18H28O3. The van der Waals surface area contributed by atoms with Crippen molar-refractivity contribution in [2.24, 2.45) is 0 Å². The monoisotopic (exact) mass is 292 g/mol. The number of ketones is 1. The third-order valence-electron chi connectivity index (χ3n) is 3.17. The Morgan fingerprint density at radius 1 is 0.952 bits per heavy atom. The number of aliphatic carboxylic acids is 1. The summed E-state index contributed by atoms with van der Waals surface area (Å²) in [4.78, 5) is 21.8. The van der Waals surface area contributed by atoms with Gasteiger partial charge in [-0.05, 0) is 31.4 Å². The molecule has 0 aliphatic carbocycles. The van der Waals surface area contributed by atoms with E-state index < -0.39 is 5.97 Å². The lowest BCUT2D eigenvalue weighted by molar-refractivity contribution is -0.137. The van der Waals surface area contributed by atoms with E-state index in [9.17, 15) is 9.59 Å². The molecule has 3 heteroatoms. The molecule has 0 aromatic rings. The van der Waals surface area contributed by atoms with Gasteiger partial charge in [0.25, 0.3) is 0 Å². The summed E-state index contributed by atoms with van der Waals surface area (Å²) >= 11 is 0. The Hall–Kier alpha value is -1.56. The number of rotatable bonds is 12. The number of carboxylic acids is 1. The Labute approximate surface area is 128 Å². The number of hydrogen-bond acceptors (Lipinski definition) is 2. The Morgan fingerprint density at radius 2 is 1.62 bits per heavy atom. The molecule has 0 heterocycles. The minimum atomic E-state index is -0.761. The molecule has 0 unspecified atom stereocenters. The summed E-state index contributed by atoms with van der Waals surface area (Å²) in [6.45, 7) is 2.20. The maximum absolute atomic E-state index is 11.5. The lowest BCUT2D eigenvalue weighted by atomic mass is 10.1. The molecule has 1 N–H and O–H groups in total. The van der Waals surface area contributed by atoms with Crippen LogP contribution in [0.15, 0.2) is 12.2 Å². The van der Waals surface area contributed by atoms with E-state index in [-0.39, 0.29) is 12.2 Å². The lowest BCUT2D eigenvalue weighted by Gasteiger charge is -1.98. The predicted octanol–water partition coefficient (Wildman–Crippen LogP) is 4.51. The van der Waals surface area contributed by atoms with E-state index in [4.69, 9.17) is 5.11 Å². The van der Waals surface area contributed by atoms with E-state index in [0.717, 1.165) is 19.3 Å². The van der Waals surface area contributed by atoms with Gasteiger partial charge in [-0.15, -0.1) is 0 Å². The first kappa shape index (κ1) is 19.4. The molecule has 0 spiro atoms. The number of hydrogen-bond donors (Lipinski definition) is 1. The van der Waals surface area contributed by atoms with E-state index in [1.54, 1.807) is 12.2 Å². The van der Waals surface area contributed by atoms with Gasteiger partial charge in [-0.2, -0.15) is 0 Å². The Morgan fingerprint density at radius 3 is 2.33 bits per heavy atom. The third-order valence-corrected chi connectivity index (χ3v) is 3.17. The van der Waals surface area contributed by atoms with Crippen molar-refractivity contribution in [2.45, 2.75) is 77.6 Å². The fourth-order valence-corrected chi connectivity index (χ4v) is 1.92. The first-order valence-corrected chi connectivity index (χ1v) is 8.06. The normalized spacial score (nSPS) is 10.3. The fourth-order valence-electron chi connectivity index (χ4n) is 1.92. The molecule has 3 nitrogen and oxygen atoms in total. The van der Waals surface area contributed by atoms with Gasteiger partial charge < -0.3 is 5.11 Å². The summed E-state index contributed by atoms with van der Waals surface area (Å²) in [6, 6.07) is 0. The largest absolute Gasteiger partial charge is 0.481 e. The average Bonchev–Trinajstić information content (AvgIpc) is 2.45. The number of carboxylic acid groups (broad SMARTS) is 1. The van der Waals surface area contributed by atoms with Crippen LogP contribution in [0.4, 0.5) is 0 Å². The van der Waals surface area contributed by atoms with E-state index in [2.05, 4.69) is 18.8 Å². The van der Waals surface area contributed by atoms with Crippen molar-refractivity contribution in [3.05, 3.63) is 12.2 Å². The van der Waals surface area contributed by atoms with E-state index in [1.807, 2.05) is 0 Å². The molecule has 0 rings (SSSR count). The van der Waals surface area contributed by atoms with Crippen LogP contribution >= 0.6 is 0 Å². The van der Waals surface area contributed by atoms with Gasteiger partial charge in [-0.3, -0.25) is 9.59 Å². The number of carbonyl (C=O) groups excluding carboxylic acids is 1. The molecular weight excluding hydrogens is 264 g/mol. The minimum Gasteiger partial charge on any atom is -0.481 e. The van der Waals surface area contributed by atoms with Crippen LogP contribution in [-0.4, -0.2) is 16.9 Å². The van der Waals surface area contributed by atoms with Gasteiger partial charge in [0.05, 0.1) is 0 Å². The van der Waals surface area contributed by atoms with Crippen LogP contribution in [0.2, 0.25) is 0 Å². The smallest absolute Gasteiger partial charge is 0.303 e. The summed E-state index contributed by atoms with van der Waals surface area (Å²) in [5, 5.41) is 8.46. The second-order valence-electron chi connectivity index (χ2n) is 5.24. The predicted molar refractivity (Wildman–Crippen MR) is 86.0 cm³/mol. The minimum absolute atomic E-state index is 0.144.